The van der Waals surface area contributed by atoms with E-state index in [-0.39, 0.29) is 11.3 Å². The van der Waals surface area contributed by atoms with Gasteiger partial charge in [-0.3, -0.25) is 4.79 Å². The second-order valence-electron chi connectivity index (χ2n) is 5.91. The summed E-state index contributed by atoms with van der Waals surface area (Å²) in [6.45, 7) is 8.76. The van der Waals surface area contributed by atoms with Crippen molar-refractivity contribution in [3.05, 3.63) is 16.5 Å². The lowest BCUT2D eigenvalue weighted by molar-refractivity contribution is -0.118. The predicted octanol–water partition coefficient (Wildman–Crippen LogP) is 2.80. The number of rotatable bonds is 6. The van der Waals surface area contributed by atoms with E-state index in [0.717, 1.165) is 30.8 Å². The van der Waals surface area contributed by atoms with Gasteiger partial charge in [-0.05, 0) is 19.8 Å². The van der Waals surface area contributed by atoms with Crippen molar-refractivity contribution in [2.75, 3.05) is 11.9 Å². The summed E-state index contributed by atoms with van der Waals surface area (Å²) in [4.78, 5) is 19.5. The van der Waals surface area contributed by atoms with Crippen LogP contribution in [0.2, 0.25) is 5.15 Å². The molecule has 0 atom stereocenters. The Balaban J connectivity index is 2.69. The molecule has 1 amide bonds. The molecule has 0 radical (unpaired) electrons. The Morgan fingerprint density at radius 1 is 1.30 bits per heavy atom. The Bertz CT molecular complexity index is 483. The molecule has 0 fully saturated rings. The third-order valence-electron chi connectivity index (χ3n) is 2.90. The maximum atomic E-state index is 10.6. The fraction of sp³-hybridized carbons (Fsp3) is 0.643. The summed E-state index contributed by atoms with van der Waals surface area (Å²) in [5, 5.41) is 3.73. The first-order valence-corrected chi connectivity index (χ1v) is 7.16. The molecule has 0 saturated heterocycles. The van der Waals surface area contributed by atoms with Crippen LogP contribution in [0.15, 0.2) is 0 Å². The minimum atomic E-state index is -0.263. The van der Waals surface area contributed by atoms with Crippen molar-refractivity contribution in [3.63, 3.8) is 0 Å². The van der Waals surface area contributed by atoms with Crippen molar-refractivity contribution in [1.29, 1.82) is 0 Å². The predicted molar refractivity (Wildman–Crippen MR) is 82.0 cm³/mol. The summed E-state index contributed by atoms with van der Waals surface area (Å²) in [6.07, 6.45) is 2.04. The molecule has 1 aromatic rings. The molecule has 0 unspecified atom stereocenters. The third-order valence-corrected chi connectivity index (χ3v) is 3.27. The minimum absolute atomic E-state index is 0.153. The monoisotopic (exact) mass is 298 g/mol. The van der Waals surface area contributed by atoms with E-state index in [2.05, 4.69) is 15.3 Å². The van der Waals surface area contributed by atoms with Gasteiger partial charge in [-0.2, -0.15) is 0 Å². The molecule has 0 aromatic carbocycles. The molecule has 1 aromatic heterocycles. The molecule has 5 nitrogen and oxygen atoms in total. The van der Waals surface area contributed by atoms with Crippen LogP contribution in [-0.4, -0.2) is 22.4 Å². The molecule has 112 valence electrons. The summed E-state index contributed by atoms with van der Waals surface area (Å²) in [7, 11) is 0. The summed E-state index contributed by atoms with van der Waals surface area (Å²) < 4.78 is 0. The van der Waals surface area contributed by atoms with Crippen LogP contribution >= 0.6 is 11.6 Å². The number of halogens is 1. The summed E-state index contributed by atoms with van der Waals surface area (Å²) in [5.74, 6) is 1.21. The van der Waals surface area contributed by atoms with E-state index in [1.165, 1.54) is 0 Å². The van der Waals surface area contributed by atoms with E-state index in [1.54, 1.807) is 0 Å². The zero-order valence-corrected chi connectivity index (χ0v) is 13.3. The first kappa shape index (κ1) is 16.7. The Morgan fingerprint density at radius 2 is 1.95 bits per heavy atom. The van der Waals surface area contributed by atoms with Gasteiger partial charge >= 0.3 is 0 Å². The lowest BCUT2D eigenvalue weighted by Gasteiger charge is -2.19. The van der Waals surface area contributed by atoms with Crippen molar-refractivity contribution < 1.29 is 4.79 Å². The highest BCUT2D eigenvalue weighted by Crippen LogP contribution is 2.26. The molecule has 0 saturated carbocycles. The van der Waals surface area contributed by atoms with Gasteiger partial charge in [0.2, 0.25) is 5.91 Å². The number of carbonyl (C=O) groups is 1. The van der Waals surface area contributed by atoms with Crippen LogP contribution in [0.1, 0.15) is 51.4 Å². The van der Waals surface area contributed by atoms with Crippen molar-refractivity contribution in [1.82, 2.24) is 9.97 Å². The van der Waals surface area contributed by atoms with Crippen LogP contribution in [0, 0.1) is 6.92 Å². The van der Waals surface area contributed by atoms with E-state index in [4.69, 9.17) is 17.3 Å². The van der Waals surface area contributed by atoms with Crippen molar-refractivity contribution >= 4 is 23.3 Å². The highest BCUT2D eigenvalue weighted by Gasteiger charge is 2.20. The molecule has 0 spiro atoms. The van der Waals surface area contributed by atoms with Gasteiger partial charge in [-0.25, -0.2) is 9.97 Å². The Labute approximate surface area is 125 Å². The Morgan fingerprint density at radius 3 is 2.50 bits per heavy atom. The first-order valence-electron chi connectivity index (χ1n) is 6.78. The molecule has 3 N–H and O–H groups in total. The molecule has 20 heavy (non-hydrogen) atoms. The van der Waals surface area contributed by atoms with Gasteiger partial charge in [0.1, 0.15) is 16.8 Å². The molecule has 0 aliphatic heterocycles. The highest BCUT2D eigenvalue weighted by atomic mass is 35.5. The lowest BCUT2D eigenvalue weighted by atomic mass is 9.95. The molecular weight excluding hydrogens is 276 g/mol. The van der Waals surface area contributed by atoms with Crippen LogP contribution < -0.4 is 11.1 Å². The van der Waals surface area contributed by atoms with Crippen LogP contribution in [0.25, 0.3) is 0 Å². The minimum Gasteiger partial charge on any atom is -0.370 e. The van der Waals surface area contributed by atoms with E-state index < -0.39 is 0 Å². The van der Waals surface area contributed by atoms with Gasteiger partial charge in [0.15, 0.2) is 0 Å². The lowest BCUT2D eigenvalue weighted by Crippen LogP contribution is -2.18. The number of nitrogens with one attached hydrogen (secondary N) is 1. The number of aromatic nitrogens is 2. The number of nitrogens with two attached hydrogens (primary N) is 1. The second kappa shape index (κ2) is 6.88. The van der Waals surface area contributed by atoms with Crippen molar-refractivity contribution in [2.45, 2.75) is 52.4 Å². The number of unbranched alkanes of at least 4 members (excludes halogenated alkanes) is 1. The Hall–Kier alpha value is -1.36. The SMILES string of the molecule is Cc1c(Cl)nc(C(C)(C)C)nc1NCCCCC(N)=O. The fourth-order valence-corrected chi connectivity index (χ4v) is 1.80. The van der Waals surface area contributed by atoms with Gasteiger partial charge in [0.25, 0.3) is 0 Å². The number of amides is 1. The fourth-order valence-electron chi connectivity index (χ4n) is 1.63. The van der Waals surface area contributed by atoms with Crippen molar-refractivity contribution in [3.8, 4) is 0 Å². The van der Waals surface area contributed by atoms with Crippen molar-refractivity contribution in [2.24, 2.45) is 5.73 Å². The summed E-state index contributed by atoms with van der Waals surface area (Å²) in [6, 6.07) is 0. The number of anilines is 1. The average molecular weight is 299 g/mol. The highest BCUT2D eigenvalue weighted by molar-refractivity contribution is 6.30. The van der Waals surface area contributed by atoms with Crippen LogP contribution in [-0.2, 0) is 10.2 Å². The maximum Gasteiger partial charge on any atom is 0.217 e. The molecule has 0 bridgehead atoms. The van der Waals surface area contributed by atoms with Gasteiger partial charge in [0, 0.05) is 23.9 Å². The summed E-state index contributed by atoms with van der Waals surface area (Å²) in [5.41, 5.74) is 5.79. The molecule has 1 heterocycles. The quantitative estimate of drug-likeness (QED) is 0.625. The zero-order valence-electron chi connectivity index (χ0n) is 12.6. The maximum absolute atomic E-state index is 10.6. The number of nitrogens with zero attached hydrogens (tertiary/aromatic N) is 2. The molecular formula is C14H23ClN4O. The molecule has 0 aliphatic carbocycles. The van der Waals surface area contributed by atoms with E-state index >= 15 is 0 Å². The van der Waals surface area contributed by atoms with Gasteiger partial charge in [-0.1, -0.05) is 32.4 Å². The molecule has 6 heteroatoms. The summed E-state index contributed by atoms with van der Waals surface area (Å²) >= 11 is 6.15. The largest absolute Gasteiger partial charge is 0.370 e. The smallest absolute Gasteiger partial charge is 0.217 e. The first-order chi connectivity index (χ1) is 9.21. The van der Waals surface area contributed by atoms with Gasteiger partial charge < -0.3 is 11.1 Å². The van der Waals surface area contributed by atoms with Crippen LogP contribution in [0.5, 0.6) is 0 Å². The van der Waals surface area contributed by atoms with Gasteiger partial charge in [-0.15, -0.1) is 0 Å². The third kappa shape index (κ3) is 4.96. The zero-order chi connectivity index (χ0) is 15.3. The second-order valence-corrected chi connectivity index (χ2v) is 6.27. The number of hydrogen-bond acceptors (Lipinski definition) is 4. The Kier molecular flexibility index (Phi) is 5.74. The van der Waals surface area contributed by atoms with E-state index in [1.807, 2.05) is 27.7 Å². The number of primary amides is 1. The molecule has 0 aliphatic rings. The standard InChI is InChI=1S/C14H23ClN4O/c1-9-11(15)18-13(14(2,3)4)19-12(9)17-8-6-5-7-10(16)20/h5-8H2,1-4H3,(H2,16,20)(H,17,18,19). The topological polar surface area (TPSA) is 80.9 Å². The van der Waals surface area contributed by atoms with Crippen LogP contribution in [0.4, 0.5) is 5.82 Å². The number of carbonyl (C=O) groups excluding carboxylic acids is 1. The average Bonchev–Trinajstić information content (AvgIpc) is 2.31. The van der Waals surface area contributed by atoms with Gasteiger partial charge in [0.05, 0.1) is 0 Å². The molecule has 1 rings (SSSR count). The van der Waals surface area contributed by atoms with Crippen LogP contribution in [0.3, 0.4) is 0 Å². The number of hydrogen-bond donors (Lipinski definition) is 2. The van der Waals surface area contributed by atoms with E-state index in [0.29, 0.717) is 17.4 Å². The normalized spacial score (nSPS) is 11.4. The van der Waals surface area contributed by atoms with E-state index in [9.17, 15) is 4.79 Å².